The monoisotopic (exact) mass is 255 g/mol. The molecule has 94 valence electrons. The van der Waals surface area contributed by atoms with E-state index in [-0.39, 0.29) is 18.3 Å². The second-order valence-corrected chi connectivity index (χ2v) is 5.09. The molecule has 0 saturated carbocycles. The summed E-state index contributed by atoms with van der Waals surface area (Å²) in [4.78, 5) is 0. The minimum Gasteiger partial charge on any atom is -0.488 e. The molecule has 0 spiro atoms. The minimum absolute atomic E-state index is 0.148. The van der Waals surface area contributed by atoms with Gasteiger partial charge in [0.2, 0.25) is 0 Å². The topological polar surface area (TPSA) is 44.5 Å². The Morgan fingerprint density at radius 3 is 2.59 bits per heavy atom. The molecule has 0 amide bonds. The van der Waals surface area contributed by atoms with Gasteiger partial charge in [0.25, 0.3) is 0 Å². The maximum Gasteiger partial charge on any atom is 0.144 e. The van der Waals surface area contributed by atoms with Gasteiger partial charge < -0.3 is 15.2 Å². The van der Waals surface area contributed by atoms with Crippen molar-refractivity contribution < 1.29 is 9.47 Å². The van der Waals surface area contributed by atoms with Gasteiger partial charge in [0.05, 0.1) is 17.9 Å². The molecule has 2 N–H and O–H groups in total. The third-order valence-corrected chi connectivity index (χ3v) is 3.16. The Morgan fingerprint density at radius 2 is 1.94 bits per heavy atom. The van der Waals surface area contributed by atoms with Crippen molar-refractivity contribution >= 4 is 17.3 Å². The highest BCUT2D eigenvalue weighted by Gasteiger charge is 2.26. The average molecular weight is 256 g/mol. The van der Waals surface area contributed by atoms with Crippen LogP contribution in [0.5, 0.6) is 5.75 Å². The first kappa shape index (κ1) is 12.5. The van der Waals surface area contributed by atoms with Gasteiger partial charge >= 0.3 is 0 Å². The molecule has 4 heteroatoms. The van der Waals surface area contributed by atoms with E-state index in [1.54, 1.807) is 18.2 Å². The molecule has 17 heavy (non-hydrogen) atoms. The van der Waals surface area contributed by atoms with Crippen LogP contribution in [0.15, 0.2) is 18.2 Å². The summed E-state index contributed by atoms with van der Waals surface area (Å²) in [7, 11) is 0. The standard InChI is InChI=1S/C13H18ClNO2/c1-8-5-11(6-9(2)16-8)17-13-7-10(14)3-4-12(13)15/h3-4,7-9,11H,5-6,15H2,1-2H3. The number of hydrogen-bond donors (Lipinski definition) is 1. The Labute approximate surface area is 107 Å². The first-order valence-electron chi connectivity index (χ1n) is 5.91. The number of benzene rings is 1. The quantitative estimate of drug-likeness (QED) is 0.825. The Bertz CT molecular complexity index is 387. The molecular weight excluding hydrogens is 238 g/mol. The molecule has 1 aliphatic rings. The molecule has 1 aromatic rings. The molecule has 2 atom stereocenters. The highest BCUT2D eigenvalue weighted by Crippen LogP contribution is 2.30. The van der Waals surface area contributed by atoms with E-state index < -0.39 is 0 Å². The van der Waals surface area contributed by atoms with E-state index in [2.05, 4.69) is 13.8 Å². The molecule has 0 aromatic heterocycles. The fourth-order valence-electron chi connectivity index (χ4n) is 2.23. The van der Waals surface area contributed by atoms with Crippen LogP contribution in [0.3, 0.4) is 0 Å². The minimum atomic E-state index is 0.148. The zero-order chi connectivity index (χ0) is 12.4. The lowest BCUT2D eigenvalue weighted by molar-refractivity contribution is -0.0720. The van der Waals surface area contributed by atoms with E-state index in [9.17, 15) is 0 Å². The summed E-state index contributed by atoms with van der Waals surface area (Å²) < 4.78 is 11.6. The van der Waals surface area contributed by atoms with Crippen molar-refractivity contribution in [2.75, 3.05) is 5.73 Å². The summed E-state index contributed by atoms with van der Waals surface area (Å²) >= 11 is 5.93. The summed E-state index contributed by atoms with van der Waals surface area (Å²) in [6.07, 6.45) is 2.37. The van der Waals surface area contributed by atoms with Crippen LogP contribution in [0.2, 0.25) is 5.02 Å². The van der Waals surface area contributed by atoms with Crippen molar-refractivity contribution in [3.8, 4) is 5.75 Å². The molecule has 1 saturated heterocycles. The van der Waals surface area contributed by atoms with Crippen LogP contribution >= 0.6 is 11.6 Å². The van der Waals surface area contributed by atoms with Crippen molar-refractivity contribution in [1.82, 2.24) is 0 Å². The lowest BCUT2D eigenvalue weighted by Crippen LogP contribution is -2.35. The molecule has 1 aromatic carbocycles. The van der Waals surface area contributed by atoms with E-state index in [4.69, 9.17) is 26.8 Å². The molecule has 1 fully saturated rings. The van der Waals surface area contributed by atoms with Crippen molar-refractivity contribution in [3.63, 3.8) is 0 Å². The largest absolute Gasteiger partial charge is 0.488 e. The van der Waals surface area contributed by atoms with Gasteiger partial charge in [-0.15, -0.1) is 0 Å². The number of hydrogen-bond acceptors (Lipinski definition) is 3. The summed E-state index contributed by atoms with van der Waals surface area (Å²) in [5.74, 6) is 0.670. The smallest absolute Gasteiger partial charge is 0.144 e. The van der Waals surface area contributed by atoms with Crippen LogP contribution in [-0.4, -0.2) is 18.3 Å². The van der Waals surface area contributed by atoms with Crippen LogP contribution in [0.1, 0.15) is 26.7 Å². The second kappa shape index (κ2) is 5.15. The van der Waals surface area contributed by atoms with E-state index in [1.165, 1.54) is 0 Å². The predicted molar refractivity (Wildman–Crippen MR) is 69.5 cm³/mol. The number of nitrogens with two attached hydrogens (primary N) is 1. The predicted octanol–water partition coefficient (Wildman–Crippen LogP) is 3.26. The summed E-state index contributed by atoms with van der Waals surface area (Å²) in [5, 5.41) is 0.641. The summed E-state index contributed by atoms with van der Waals surface area (Å²) in [5.41, 5.74) is 6.49. The van der Waals surface area contributed by atoms with Crippen molar-refractivity contribution in [2.45, 2.75) is 45.0 Å². The SMILES string of the molecule is CC1CC(Oc2cc(Cl)ccc2N)CC(C)O1. The van der Waals surface area contributed by atoms with Gasteiger partial charge in [0.1, 0.15) is 11.9 Å². The maximum atomic E-state index is 5.93. The van der Waals surface area contributed by atoms with Gasteiger partial charge in [-0.05, 0) is 26.0 Å². The van der Waals surface area contributed by atoms with Gasteiger partial charge in [0.15, 0.2) is 0 Å². The van der Waals surface area contributed by atoms with Gasteiger partial charge in [-0.2, -0.15) is 0 Å². The van der Waals surface area contributed by atoms with Crippen molar-refractivity contribution in [3.05, 3.63) is 23.2 Å². The molecule has 2 unspecified atom stereocenters. The molecule has 3 nitrogen and oxygen atoms in total. The number of rotatable bonds is 2. The van der Waals surface area contributed by atoms with Crippen LogP contribution in [0, 0.1) is 0 Å². The molecule has 2 rings (SSSR count). The third kappa shape index (κ3) is 3.27. The van der Waals surface area contributed by atoms with Crippen LogP contribution in [-0.2, 0) is 4.74 Å². The van der Waals surface area contributed by atoms with Crippen molar-refractivity contribution in [2.24, 2.45) is 0 Å². The zero-order valence-corrected chi connectivity index (χ0v) is 10.9. The third-order valence-electron chi connectivity index (χ3n) is 2.92. The van der Waals surface area contributed by atoms with Gasteiger partial charge in [0, 0.05) is 23.9 Å². The Morgan fingerprint density at radius 1 is 1.29 bits per heavy atom. The van der Waals surface area contributed by atoms with Crippen LogP contribution in [0.4, 0.5) is 5.69 Å². The van der Waals surface area contributed by atoms with Crippen LogP contribution in [0.25, 0.3) is 0 Å². The molecule has 1 heterocycles. The lowest BCUT2D eigenvalue weighted by atomic mass is 10.0. The summed E-state index contributed by atoms with van der Waals surface area (Å²) in [6.45, 7) is 4.13. The second-order valence-electron chi connectivity index (χ2n) is 4.65. The Kier molecular flexibility index (Phi) is 3.79. The number of ether oxygens (including phenoxy) is 2. The fourth-order valence-corrected chi connectivity index (χ4v) is 2.39. The lowest BCUT2D eigenvalue weighted by Gasteiger charge is -2.32. The number of halogens is 1. The van der Waals surface area contributed by atoms with E-state index >= 15 is 0 Å². The van der Waals surface area contributed by atoms with Gasteiger partial charge in [-0.25, -0.2) is 0 Å². The van der Waals surface area contributed by atoms with Gasteiger partial charge in [-0.1, -0.05) is 11.6 Å². The van der Waals surface area contributed by atoms with Crippen LogP contribution < -0.4 is 10.5 Å². The van der Waals surface area contributed by atoms with E-state index in [0.29, 0.717) is 16.5 Å². The first-order valence-corrected chi connectivity index (χ1v) is 6.29. The molecule has 1 aliphatic heterocycles. The Hall–Kier alpha value is -0.930. The highest BCUT2D eigenvalue weighted by molar-refractivity contribution is 6.30. The average Bonchev–Trinajstić information content (AvgIpc) is 2.22. The normalized spacial score (nSPS) is 29.0. The molecular formula is C13H18ClNO2. The van der Waals surface area contributed by atoms with E-state index in [1.807, 2.05) is 0 Å². The highest BCUT2D eigenvalue weighted by atomic mass is 35.5. The van der Waals surface area contributed by atoms with Crippen molar-refractivity contribution in [1.29, 1.82) is 0 Å². The Balaban J connectivity index is 2.07. The van der Waals surface area contributed by atoms with Gasteiger partial charge in [-0.3, -0.25) is 0 Å². The summed E-state index contributed by atoms with van der Waals surface area (Å²) in [6, 6.07) is 5.30. The fraction of sp³-hybridized carbons (Fsp3) is 0.538. The van der Waals surface area contributed by atoms with E-state index in [0.717, 1.165) is 12.8 Å². The zero-order valence-electron chi connectivity index (χ0n) is 10.2. The number of anilines is 1. The first-order chi connectivity index (χ1) is 8.04. The molecule has 0 radical (unpaired) electrons. The molecule has 0 bridgehead atoms. The number of nitrogen functional groups attached to an aromatic ring is 1. The molecule has 0 aliphatic carbocycles. The maximum absolute atomic E-state index is 5.93.